The van der Waals surface area contributed by atoms with Gasteiger partial charge in [-0.1, -0.05) is 48.0 Å². The maximum Gasteiger partial charge on any atom is 0.225 e. The van der Waals surface area contributed by atoms with Crippen LogP contribution in [0, 0.1) is 6.92 Å². The van der Waals surface area contributed by atoms with Gasteiger partial charge in [-0.3, -0.25) is 4.79 Å². The van der Waals surface area contributed by atoms with Crippen molar-refractivity contribution in [3.8, 4) is 0 Å². The molecule has 0 saturated carbocycles. The second-order valence-corrected chi connectivity index (χ2v) is 4.83. The van der Waals surface area contributed by atoms with Gasteiger partial charge in [-0.15, -0.1) is 0 Å². The van der Waals surface area contributed by atoms with Crippen molar-refractivity contribution >= 4 is 11.6 Å². The van der Waals surface area contributed by atoms with Gasteiger partial charge in [-0.2, -0.15) is 0 Å². The molecular weight excluding hydrogens is 248 g/mol. The smallest absolute Gasteiger partial charge is 0.225 e. The Morgan fingerprint density at radius 1 is 1.05 bits per heavy atom. The number of para-hydroxylation sites is 1. The molecule has 0 aliphatic heterocycles. The number of rotatable bonds is 6. The summed E-state index contributed by atoms with van der Waals surface area (Å²) in [6.07, 6.45) is 0.473. The largest absolute Gasteiger partial charge is 0.326 e. The summed E-state index contributed by atoms with van der Waals surface area (Å²) >= 11 is 0. The van der Waals surface area contributed by atoms with Crippen LogP contribution in [0.1, 0.15) is 17.5 Å². The number of anilines is 1. The molecule has 104 valence electrons. The third kappa shape index (κ3) is 4.86. The van der Waals surface area contributed by atoms with Crippen molar-refractivity contribution in [2.24, 2.45) is 0 Å². The fourth-order valence-corrected chi connectivity index (χ4v) is 2.00. The summed E-state index contributed by atoms with van der Waals surface area (Å²) in [6, 6.07) is 17.9. The van der Waals surface area contributed by atoms with Crippen molar-refractivity contribution in [2.45, 2.75) is 19.9 Å². The molecule has 2 aromatic carbocycles. The maximum absolute atomic E-state index is 11.7. The highest BCUT2D eigenvalue weighted by Gasteiger charge is 2.01. The monoisotopic (exact) mass is 268 g/mol. The van der Waals surface area contributed by atoms with Crippen LogP contribution in [0.3, 0.4) is 0 Å². The van der Waals surface area contributed by atoms with Gasteiger partial charge < -0.3 is 10.6 Å². The normalized spacial score (nSPS) is 10.2. The van der Waals surface area contributed by atoms with Crippen LogP contribution in [0.15, 0.2) is 54.6 Å². The summed E-state index contributed by atoms with van der Waals surface area (Å²) in [7, 11) is 0. The zero-order valence-corrected chi connectivity index (χ0v) is 11.7. The average Bonchev–Trinajstić information content (AvgIpc) is 2.45. The van der Waals surface area contributed by atoms with E-state index in [1.165, 1.54) is 11.1 Å². The van der Waals surface area contributed by atoms with Gasteiger partial charge in [0.05, 0.1) is 0 Å². The van der Waals surface area contributed by atoms with E-state index >= 15 is 0 Å². The Bertz CT molecular complexity index is 552. The van der Waals surface area contributed by atoms with Crippen LogP contribution in [0.4, 0.5) is 5.69 Å². The molecule has 0 spiro atoms. The molecule has 0 fully saturated rings. The molecule has 0 saturated heterocycles. The van der Waals surface area contributed by atoms with Crippen LogP contribution in [0.25, 0.3) is 0 Å². The minimum Gasteiger partial charge on any atom is -0.326 e. The number of amides is 1. The third-order valence-corrected chi connectivity index (χ3v) is 3.00. The van der Waals surface area contributed by atoms with E-state index in [0.29, 0.717) is 13.0 Å². The van der Waals surface area contributed by atoms with Gasteiger partial charge in [0.15, 0.2) is 0 Å². The van der Waals surface area contributed by atoms with Crippen molar-refractivity contribution in [1.82, 2.24) is 5.32 Å². The Morgan fingerprint density at radius 3 is 2.60 bits per heavy atom. The molecule has 0 heterocycles. The van der Waals surface area contributed by atoms with E-state index < -0.39 is 0 Å². The zero-order chi connectivity index (χ0) is 14.2. The minimum atomic E-state index is 0.0351. The molecule has 3 nitrogen and oxygen atoms in total. The topological polar surface area (TPSA) is 41.1 Å². The zero-order valence-electron chi connectivity index (χ0n) is 11.7. The van der Waals surface area contributed by atoms with Crippen LogP contribution in [-0.2, 0) is 11.3 Å². The van der Waals surface area contributed by atoms with E-state index in [2.05, 4.69) is 41.8 Å². The molecule has 20 heavy (non-hydrogen) atoms. The van der Waals surface area contributed by atoms with Crippen molar-refractivity contribution in [3.05, 3.63) is 65.7 Å². The first-order valence-corrected chi connectivity index (χ1v) is 6.85. The summed E-state index contributed by atoms with van der Waals surface area (Å²) in [6.45, 7) is 3.55. The summed E-state index contributed by atoms with van der Waals surface area (Å²) in [5.41, 5.74) is 3.34. The lowest BCUT2D eigenvalue weighted by Crippen LogP contribution is -2.21. The average molecular weight is 268 g/mol. The summed E-state index contributed by atoms with van der Waals surface area (Å²) in [5, 5.41) is 6.16. The van der Waals surface area contributed by atoms with Crippen molar-refractivity contribution in [2.75, 3.05) is 11.9 Å². The van der Waals surface area contributed by atoms with E-state index in [1.54, 1.807) is 0 Å². The lowest BCUT2D eigenvalue weighted by Gasteiger charge is -2.07. The van der Waals surface area contributed by atoms with E-state index in [-0.39, 0.29) is 5.91 Å². The van der Waals surface area contributed by atoms with Gasteiger partial charge in [0.25, 0.3) is 0 Å². The highest BCUT2D eigenvalue weighted by Crippen LogP contribution is 2.05. The molecule has 0 bridgehead atoms. The number of carbonyl (C=O) groups excluding carboxylic acids is 1. The minimum absolute atomic E-state index is 0.0351. The molecule has 1 amide bonds. The Hall–Kier alpha value is -2.13. The second kappa shape index (κ2) is 7.46. The third-order valence-electron chi connectivity index (χ3n) is 3.00. The first-order valence-electron chi connectivity index (χ1n) is 6.85. The predicted octanol–water partition coefficient (Wildman–Crippen LogP) is 3.11. The van der Waals surface area contributed by atoms with Crippen molar-refractivity contribution in [3.63, 3.8) is 0 Å². The van der Waals surface area contributed by atoms with E-state index in [4.69, 9.17) is 0 Å². The molecular formula is C17H20N2O. The maximum atomic E-state index is 11.7. The molecule has 0 radical (unpaired) electrons. The van der Waals surface area contributed by atoms with Gasteiger partial charge in [-0.05, 0) is 24.6 Å². The highest BCUT2D eigenvalue weighted by molar-refractivity contribution is 5.90. The van der Waals surface area contributed by atoms with Crippen molar-refractivity contribution in [1.29, 1.82) is 0 Å². The lowest BCUT2D eigenvalue weighted by atomic mass is 10.1. The SMILES string of the molecule is Cc1cccc(CNCCC(=O)Nc2ccccc2)c1. The quantitative estimate of drug-likeness (QED) is 0.790. The summed E-state index contributed by atoms with van der Waals surface area (Å²) < 4.78 is 0. The van der Waals surface area contributed by atoms with Crippen molar-refractivity contribution < 1.29 is 4.79 Å². The molecule has 0 aromatic heterocycles. The summed E-state index contributed by atoms with van der Waals surface area (Å²) in [4.78, 5) is 11.7. The number of hydrogen-bond donors (Lipinski definition) is 2. The van der Waals surface area contributed by atoms with E-state index in [1.807, 2.05) is 30.3 Å². The molecule has 0 unspecified atom stereocenters. The van der Waals surface area contributed by atoms with Crippen LogP contribution < -0.4 is 10.6 Å². The molecule has 0 aliphatic carbocycles. The van der Waals surface area contributed by atoms with E-state index in [0.717, 1.165) is 12.2 Å². The van der Waals surface area contributed by atoms with Gasteiger partial charge in [-0.25, -0.2) is 0 Å². The summed E-state index contributed by atoms with van der Waals surface area (Å²) in [5.74, 6) is 0.0351. The Morgan fingerprint density at radius 2 is 1.85 bits per heavy atom. The van der Waals surface area contributed by atoms with Gasteiger partial charge >= 0.3 is 0 Å². The van der Waals surface area contributed by atoms with Gasteiger partial charge in [0.2, 0.25) is 5.91 Å². The van der Waals surface area contributed by atoms with Gasteiger partial charge in [0.1, 0.15) is 0 Å². The number of carbonyl (C=O) groups is 1. The number of aryl methyl sites for hydroxylation is 1. The van der Waals surface area contributed by atoms with Crippen LogP contribution in [0.5, 0.6) is 0 Å². The fourth-order valence-electron chi connectivity index (χ4n) is 2.00. The van der Waals surface area contributed by atoms with E-state index in [9.17, 15) is 4.79 Å². The van der Waals surface area contributed by atoms with Crippen LogP contribution in [-0.4, -0.2) is 12.5 Å². The van der Waals surface area contributed by atoms with Crippen LogP contribution in [0.2, 0.25) is 0 Å². The molecule has 0 atom stereocenters. The first kappa shape index (κ1) is 14.3. The van der Waals surface area contributed by atoms with Gasteiger partial charge in [0, 0.05) is 25.2 Å². The first-order chi connectivity index (χ1) is 9.74. The lowest BCUT2D eigenvalue weighted by molar-refractivity contribution is -0.116. The number of nitrogens with one attached hydrogen (secondary N) is 2. The Balaban J connectivity index is 1.67. The standard InChI is InChI=1S/C17H20N2O/c1-14-6-5-7-15(12-14)13-18-11-10-17(20)19-16-8-3-2-4-9-16/h2-9,12,18H,10-11,13H2,1H3,(H,19,20). The number of hydrogen-bond acceptors (Lipinski definition) is 2. The Kier molecular flexibility index (Phi) is 5.33. The highest BCUT2D eigenvalue weighted by atomic mass is 16.1. The van der Waals surface area contributed by atoms with Crippen LogP contribution >= 0.6 is 0 Å². The molecule has 3 heteroatoms. The molecule has 2 aromatic rings. The molecule has 2 N–H and O–H groups in total. The second-order valence-electron chi connectivity index (χ2n) is 4.83. The molecule has 2 rings (SSSR count). The predicted molar refractivity (Wildman–Crippen MR) is 82.6 cm³/mol. The molecule has 0 aliphatic rings. The number of benzene rings is 2. The fraction of sp³-hybridized carbons (Fsp3) is 0.235. The Labute approximate surface area is 120 Å².